The van der Waals surface area contributed by atoms with Gasteiger partial charge in [-0.25, -0.2) is 8.78 Å². The minimum absolute atomic E-state index is 0.0197. The molecule has 2 aliphatic rings. The zero-order chi connectivity index (χ0) is 22.4. The van der Waals surface area contributed by atoms with E-state index < -0.39 is 17.0 Å². The molecule has 2 fully saturated rings. The molecular weight excluding hydrogens is 420 g/mol. The summed E-state index contributed by atoms with van der Waals surface area (Å²) < 4.78 is 43.6. The van der Waals surface area contributed by atoms with Crippen LogP contribution in [0.5, 0.6) is 0 Å². The molecule has 174 valence electrons. The maximum absolute atomic E-state index is 14.1. The van der Waals surface area contributed by atoms with E-state index in [4.69, 9.17) is 14.0 Å². The van der Waals surface area contributed by atoms with Crippen molar-refractivity contribution in [3.05, 3.63) is 41.7 Å². The van der Waals surface area contributed by atoms with Crippen molar-refractivity contribution >= 4 is 5.91 Å². The average Bonchev–Trinajstić information content (AvgIpc) is 3.25. The lowest BCUT2D eigenvalue weighted by atomic mass is 9.75. The molecule has 3 heterocycles. The Morgan fingerprint density at radius 3 is 2.59 bits per heavy atom. The molecule has 0 atom stereocenters. The van der Waals surface area contributed by atoms with Gasteiger partial charge in [0.25, 0.3) is 0 Å². The summed E-state index contributed by atoms with van der Waals surface area (Å²) in [5.41, 5.74) is -0.212. The molecule has 0 aliphatic carbocycles. The van der Waals surface area contributed by atoms with Gasteiger partial charge in [-0.05, 0) is 37.9 Å². The van der Waals surface area contributed by atoms with E-state index in [9.17, 15) is 13.6 Å². The van der Waals surface area contributed by atoms with Crippen LogP contribution in [0.25, 0.3) is 11.3 Å². The maximum atomic E-state index is 14.1. The van der Waals surface area contributed by atoms with Crippen LogP contribution < -0.4 is 5.32 Å². The van der Waals surface area contributed by atoms with E-state index in [0.717, 1.165) is 45.3 Å². The molecule has 2 aliphatic heterocycles. The van der Waals surface area contributed by atoms with Crippen molar-refractivity contribution < 1.29 is 27.6 Å². The molecule has 1 aromatic heterocycles. The second-order valence-electron chi connectivity index (χ2n) is 8.44. The lowest BCUT2D eigenvalue weighted by Gasteiger charge is -2.35. The summed E-state index contributed by atoms with van der Waals surface area (Å²) in [7, 11) is 0. The standard InChI is InChI=1S/C23H29F2N3O4/c24-17-2-3-19(20(25)14-17)21-15-18(32-27-21)16-23(4-10-30-11-5-23)22(29)26-6-1-7-28-8-12-31-13-9-28/h2-3,14-15H,1,4-13,16H2,(H,26,29). The fourth-order valence-electron chi connectivity index (χ4n) is 4.32. The Hall–Kier alpha value is -2.36. The molecule has 2 saturated heterocycles. The highest BCUT2D eigenvalue weighted by molar-refractivity contribution is 5.83. The Bertz CT molecular complexity index is 908. The van der Waals surface area contributed by atoms with Gasteiger partial charge in [0.05, 0.1) is 18.6 Å². The van der Waals surface area contributed by atoms with Crippen LogP contribution in [0.15, 0.2) is 28.8 Å². The van der Waals surface area contributed by atoms with E-state index in [-0.39, 0.29) is 17.2 Å². The molecule has 0 bridgehead atoms. The molecule has 32 heavy (non-hydrogen) atoms. The summed E-state index contributed by atoms with van der Waals surface area (Å²) in [6.07, 6.45) is 2.36. The normalized spacial score (nSPS) is 19.1. The lowest BCUT2D eigenvalue weighted by molar-refractivity contribution is -0.137. The highest BCUT2D eigenvalue weighted by atomic mass is 19.1. The Kier molecular flexibility index (Phi) is 7.49. The minimum atomic E-state index is -0.705. The number of morpholine rings is 1. The molecule has 0 unspecified atom stereocenters. The monoisotopic (exact) mass is 449 g/mol. The first-order chi connectivity index (χ1) is 15.6. The van der Waals surface area contributed by atoms with Gasteiger partial charge in [-0.1, -0.05) is 5.16 Å². The molecule has 1 amide bonds. The summed E-state index contributed by atoms with van der Waals surface area (Å²) >= 11 is 0. The second kappa shape index (κ2) is 10.5. The smallest absolute Gasteiger partial charge is 0.226 e. The summed E-state index contributed by atoms with van der Waals surface area (Å²) in [5, 5.41) is 7.03. The molecule has 4 rings (SSSR count). The number of amides is 1. The first-order valence-electron chi connectivity index (χ1n) is 11.1. The van der Waals surface area contributed by atoms with Crippen LogP contribution in [-0.2, 0) is 20.7 Å². The molecular formula is C23H29F2N3O4. The van der Waals surface area contributed by atoms with E-state index in [1.807, 2.05) is 0 Å². The molecule has 9 heteroatoms. The number of ether oxygens (including phenoxy) is 2. The van der Waals surface area contributed by atoms with Gasteiger partial charge in [-0.3, -0.25) is 9.69 Å². The largest absolute Gasteiger partial charge is 0.381 e. The summed E-state index contributed by atoms with van der Waals surface area (Å²) in [6.45, 7) is 5.89. The molecule has 1 aromatic carbocycles. The molecule has 0 radical (unpaired) electrons. The third-order valence-corrected chi connectivity index (χ3v) is 6.25. The van der Waals surface area contributed by atoms with Gasteiger partial charge in [0.15, 0.2) is 0 Å². The third kappa shape index (κ3) is 5.51. The van der Waals surface area contributed by atoms with Gasteiger partial charge >= 0.3 is 0 Å². The van der Waals surface area contributed by atoms with Crippen LogP contribution in [0.1, 0.15) is 25.0 Å². The first kappa shape index (κ1) is 22.8. The van der Waals surface area contributed by atoms with Crippen LogP contribution in [0, 0.1) is 17.0 Å². The number of carbonyl (C=O) groups excluding carboxylic acids is 1. The van der Waals surface area contributed by atoms with Crippen LogP contribution in [0.4, 0.5) is 8.78 Å². The van der Waals surface area contributed by atoms with Crippen LogP contribution in [-0.4, -0.2) is 68.6 Å². The van der Waals surface area contributed by atoms with Crippen LogP contribution in [0.2, 0.25) is 0 Å². The molecule has 0 spiro atoms. The van der Waals surface area contributed by atoms with Gasteiger partial charge < -0.3 is 19.3 Å². The number of benzene rings is 1. The topological polar surface area (TPSA) is 76.8 Å². The number of hydrogen-bond acceptors (Lipinski definition) is 6. The maximum Gasteiger partial charge on any atom is 0.226 e. The predicted octanol–water partition coefficient (Wildman–Crippen LogP) is 2.80. The van der Waals surface area contributed by atoms with Crippen molar-refractivity contribution in [3.63, 3.8) is 0 Å². The van der Waals surface area contributed by atoms with Crippen LogP contribution in [0.3, 0.4) is 0 Å². The fraction of sp³-hybridized carbons (Fsp3) is 0.565. The Morgan fingerprint density at radius 2 is 1.84 bits per heavy atom. The van der Waals surface area contributed by atoms with Crippen molar-refractivity contribution in [1.82, 2.24) is 15.4 Å². The third-order valence-electron chi connectivity index (χ3n) is 6.25. The molecule has 1 N–H and O–H groups in total. The minimum Gasteiger partial charge on any atom is -0.381 e. The van der Waals surface area contributed by atoms with Gasteiger partial charge in [0.1, 0.15) is 23.1 Å². The Balaban J connectivity index is 1.38. The van der Waals surface area contributed by atoms with Gasteiger partial charge in [0.2, 0.25) is 5.91 Å². The van der Waals surface area contributed by atoms with E-state index in [0.29, 0.717) is 44.8 Å². The average molecular weight is 449 g/mol. The zero-order valence-corrected chi connectivity index (χ0v) is 18.1. The first-order valence-corrected chi connectivity index (χ1v) is 11.1. The van der Waals surface area contributed by atoms with Crippen molar-refractivity contribution in [1.29, 1.82) is 0 Å². The van der Waals surface area contributed by atoms with Crippen LogP contribution >= 0.6 is 0 Å². The number of nitrogens with one attached hydrogen (secondary N) is 1. The summed E-state index contributed by atoms with van der Waals surface area (Å²) in [4.78, 5) is 15.5. The number of halogens is 2. The van der Waals surface area contributed by atoms with E-state index in [1.165, 1.54) is 12.1 Å². The SMILES string of the molecule is O=C(NCCCN1CCOCC1)C1(Cc2cc(-c3ccc(F)cc3F)no2)CCOCC1. The predicted molar refractivity (Wildman–Crippen MR) is 113 cm³/mol. The Morgan fingerprint density at radius 1 is 1.09 bits per heavy atom. The van der Waals surface area contributed by atoms with Crippen molar-refractivity contribution in [2.45, 2.75) is 25.7 Å². The Labute approximate surface area is 186 Å². The van der Waals surface area contributed by atoms with Gasteiger partial charge in [-0.15, -0.1) is 0 Å². The highest BCUT2D eigenvalue weighted by Crippen LogP contribution is 2.36. The molecule has 7 nitrogen and oxygen atoms in total. The van der Waals surface area contributed by atoms with Gasteiger partial charge in [-0.2, -0.15) is 0 Å². The van der Waals surface area contributed by atoms with Crippen molar-refractivity contribution in [2.75, 3.05) is 52.6 Å². The lowest BCUT2D eigenvalue weighted by Crippen LogP contribution is -2.47. The van der Waals surface area contributed by atoms with E-state index in [2.05, 4.69) is 15.4 Å². The number of nitrogens with zero attached hydrogens (tertiary/aromatic N) is 2. The summed E-state index contributed by atoms with van der Waals surface area (Å²) in [5.74, 6) is -0.882. The number of rotatable bonds is 8. The molecule has 0 saturated carbocycles. The van der Waals surface area contributed by atoms with Crippen molar-refractivity contribution in [3.8, 4) is 11.3 Å². The van der Waals surface area contributed by atoms with Gasteiger partial charge in [0, 0.05) is 57.0 Å². The van der Waals surface area contributed by atoms with E-state index in [1.54, 1.807) is 6.07 Å². The summed E-state index contributed by atoms with van der Waals surface area (Å²) in [6, 6.07) is 4.95. The van der Waals surface area contributed by atoms with E-state index >= 15 is 0 Å². The number of aromatic nitrogens is 1. The fourth-order valence-corrected chi connectivity index (χ4v) is 4.32. The number of carbonyl (C=O) groups is 1. The molecule has 2 aromatic rings. The second-order valence-corrected chi connectivity index (χ2v) is 8.44. The number of hydrogen-bond donors (Lipinski definition) is 1. The zero-order valence-electron chi connectivity index (χ0n) is 18.1. The van der Waals surface area contributed by atoms with Crippen molar-refractivity contribution in [2.24, 2.45) is 5.41 Å². The highest BCUT2D eigenvalue weighted by Gasteiger charge is 2.41. The quantitative estimate of drug-likeness (QED) is 0.625.